The Bertz CT molecular complexity index is 928. The number of aromatic nitrogens is 2. The lowest BCUT2D eigenvalue weighted by atomic mass is 10.2. The molecule has 1 aliphatic carbocycles. The van der Waals surface area contributed by atoms with Gasteiger partial charge in [0.2, 0.25) is 0 Å². The second-order valence-electron chi connectivity index (χ2n) is 5.97. The summed E-state index contributed by atoms with van der Waals surface area (Å²) in [7, 11) is 1.84. The van der Waals surface area contributed by atoms with E-state index in [4.69, 9.17) is 4.98 Å². The van der Waals surface area contributed by atoms with Gasteiger partial charge in [0, 0.05) is 17.2 Å². The van der Waals surface area contributed by atoms with E-state index in [2.05, 4.69) is 19.1 Å². The Hall–Kier alpha value is -1.59. The maximum absolute atomic E-state index is 12.8. The van der Waals surface area contributed by atoms with Gasteiger partial charge in [0.25, 0.3) is 5.56 Å². The topological polar surface area (TPSA) is 34.9 Å². The zero-order valence-corrected chi connectivity index (χ0v) is 14.8. The standard InChI is InChI=1S/C18H18N2OS2/c1-11(12-7-4-3-5-8-12)22-18-19-16-15(17(21)20(18)2)13-9-6-10-14(13)23-16/h3-5,7-8,11H,6,9-10H2,1-2H3. The van der Waals surface area contributed by atoms with Crippen LogP contribution in [-0.2, 0) is 19.9 Å². The van der Waals surface area contributed by atoms with Crippen LogP contribution in [0.2, 0.25) is 0 Å². The Morgan fingerprint density at radius 1 is 1.26 bits per heavy atom. The lowest BCUT2D eigenvalue weighted by Gasteiger charge is -2.13. The third-order valence-corrected chi connectivity index (χ3v) is 6.84. The molecule has 2 heterocycles. The molecule has 3 nitrogen and oxygen atoms in total. The largest absolute Gasteiger partial charge is 0.290 e. The Balaban J connectivity index is 1.76. The second-order valence-corrected chi connectivity index (χ2v) is 8.36. The molecule has 0 bridgehead atoms. The van der Waals surface area contributed by atoms with E-state index in [0.29, 0.717) is 0 Å². The van der Waals surface area contributed by atoms with Gasteiger partial charge in [-0.3, -0.25) is 9.36 Å². The van der Waals surface area contributed by atoms with Gasteiger partial charge in [0.1, 0.15) is 4.83 Å². The van der Waals surface area contributed by atoms with Crippen LogP contribution in [0.1, 0.15) is 34.6 Å². The summed E-state index contributed by atoms with van der Waals surface area (Å²) < 4.78 is 1.72. The molecule has 0 radical (unpaired) electrons. The molecule has 3 aromatic rings. The van der Waals surface area contributed by atoms with Crippen molar-refractivity contribution >= 4 is 33.3 Å². The molecule has 1 aromatic carbocycles. The van der Waals surface area contributed by atoms with Gasteiger partial charge in [0.05, 0.1) is 5.39 Å². The predicted octanol–water partition coefficient (Wildman–Crippen LogP) is 4.34. The van der Waals surface area contributed by atoms with Crippen molar-refractivity contribution in [3.8, 4) is 0 Å². The van der Waals surface area contributed by atoms with Crippen LogP contribution in [0, 0.1) is 0 Å². The van der Waals surface area contributed by atoms with Crippen molar-refractivity contribution in [2.24, 2.45) is 7.05 Å². The monoisotopic (exact) mass is 342 g/mol. The summed E-state index contributed by atoms with van der Waals surface area (Å²) >= 11 is 3.36. The van der Waals surface area contributed by atoms with E-state index in [1.54, 1.807) is 27.7 Å². The highest BCUT2D eigenvalue weighted by atomic mass is 32.2. The molecule has 0 fully saturated rings. The van der Waals surface area contributed by atoms with Gasteiger partial charge in [-0.15, -0.1) is 11.3 Å². The molecule has 5 heteroatoms. The van der Waals surface area contributed by atoms with E-state index in [-0.39, 0.29) is 10.8 Å². The molecular weight excluding hydrogens is 324 g/mol. The van der Waals surface area contributed by atoms with E-state index in [1.165, 1.54) is 22.4 Å². The van der Waals surface area contributed by atoms with Crippen LogP contribution >= 0.6 is 23.1 Å². The number of benzene rings is 1. The summed E-state index contributed by atoms with van der Waals surface area (Å²) in [6, 6.07) is 10.4. The Kier molecular flexibility index (Phi) is 3.77. The first-order valence-electron chi connectivity index (χ1n) is 7.88. The van der Waals surface area contributed by atoms with Gasteiger partial charge < -0.3 is 0 Å². The van der Waals surface area contributed by atoms with Crippen molar-refractivity contribution in [3.63, 3.8) is 0 Å². The highest BCUT2D eigenvalue weighted by Gasteiger charge is 2.23. The number of thiophene rings is 1. The zero-order valence-electron chi connectivity index (χ0n) is 13.2. The molecule has 0 saturated carbocycles. The molecule has 1 atom stereocenters. The predicted molar refractivity (Wildman–Crippen MR) is 97.6 cm³/mol. The highest BCUT2D eigenvalue weighted by Crippen LogP contribution is 2.37. The molecule has 23 heavy (non-hydrogen) atoms. The number of thioether (sulfide) groups is 1. The van der Waals surface area contributed by atoms with Crippen LogP contribution in [0.3, 0.4) is 0 Å². The van der Waals surface area contributed by atoms with Crippen LogP contribution in [0.25, 0.3) is 10.2 Å². The van der Waals surface area contributed by atoms with Crippen molar-refractivity contribution in [2.75, 3.05) is 0 Å². The number of hydrogen-bond acceptors (Lipinski definition) is 4. The molecule has 0 spiro atoms. The van der Waals surface area contributed by atoms with Crippen molar-refractivity contribution in [3.05, 3.63) is 56.7 Å². The Labute approximate surface area is 143 Å². The van der Waals surface area contributed by atoms with Crippen LogP contribution in [0.4, 0.5) is 0 Å². The van der Waals surface area contributed by atoms with E-state index in [9.17, 15) is 4.79 Å². The lowest BCUT2D eigenvalue weighted by Crippen LogP contribution is -2.20. The summed E-state index contributed by atoms with van der Waals surface area (Å²) in [5, 5.41) is 1.93. The number of hydrogen-bond donors (Lipinski definition) is 0. The number of rotatable bonds is 3. The third kappa shape index (κ3) is 2.52. The van der Waals surface area contributed by atoms with Gasteiger partial charge in [-0.05, 0) is 37.3 Å². The maximum Gasteiger partial charge on any atom is 0.262 e. The molecule has 1 unspecified atom stereocenters. The Morgan fingerprint density at radius 3 is 2.83 bits per heavy atom. The first-order chi connectivity index (χ1) is 11.1. The molecule has 0 amide bonds. The van der Waals surface area contributed by atoms with Crippen LogP contribution in [0.5, 0.6) is 0 Å². The van der Waals surface area contributed by atoms with Gasteiger partial charge in [-0.2, -0.15) is 0 Å². The van der Waals surface area contributed by atoms with Crippen molar-refractivity contribution in [2.45, 2.75) is 36.6 Å². The number of fused-ring (bicyclic) bond motifs is 3. The summed E-state index contributed by atoms with van der Waals surface area (Å²) in [5.41, 5.74) is 2.61. The van der Waals surface area contributed by atoms with Crippen LogP contribution in [-0.4, -0.2) is 9.55 Å². The maximum atomic E-state index is 12.8. The summed E-state index contributed by atoms with van der Waals surface area (Å²) in [6.07, 6.45) is 3.30. The van der Waals surface area contributed by atoms with Crippen LogP contribution < -0.4 is 5.56 Å². The minimum absolute atomic E-state index is 0.108. The van der Waals surface area contributed by atoms with Crippen molar-refractivity contribution in [1.82, 2.24) is 9.55 Å². The first kappa shape index (κ1) is 15.0. The van der Waals surface area contributed by atoms with Gasteiger partial charge >= 0.3 is 0 Å². The average Bonchev–Trinajstić information content (AvgIpc) is 3.13. The zero-order chi connectivity index (χ0) is 16.0. The molecule has 0 N–H and O–H groups in total. The van der Waals surface area contributed by atoms with Gasteiger partial charge in [-0.1, -0.05) is 42.1 Å². The fraction of sp³-hybridized carbons (Fsp3) is 0.333. The van der Waals surface area contributed by atoms with E-state index in [1.807, 2.05) is 25.2 Å². The van der Waals surface area contributed by atoms with Gasteiger partial charge in [0.15, 0.2) is 5.16 Å². The van der Waals surface area contributed by atoms with E-state index < -0.39 is 0 Å². The normalized spacial score (nSPS) is 15.0. The first-order valence-corrected chi connectivity index (χ1v) is 9.57. The molecule has 1 aliphatic rings. The fourth-order valence-corrected chi connectivity index (χ4v) is 5.47. The molecule has 0 aliphatic heterocycles. The van der Waals surface area contributed by atoms with Crippen molar-refractivity contribution in [1.29, 1.82) is 0 Å². The average molecular weight is 342 g/mol. The smallest absolute Gasteiger partial charge is 0.262 e. The molecule has 0 saturated heterocycles. The molecule has 118 valence electrons. The van der Waals surface area contributed by atoms with Crippen LogP contribution in [0.15, 0.2) is 40.3 Å². The minimum Gasteiger partial charge on any atom is -0.290 e. The van der Waals surface area contributed by atoms with Gasteiger partial charge in [-0.25, -0.2) is 4.98 Å². The minimum atomic E-state index is 0.108. The summed E-state index contributed by atoms with van der Waals surface area (Å²) in [4.78, 5) is 19.9. The van der Waals surface area contributed by atoms with E-state index >= 15 is 0 Å². The Morgan fingerprint density at radius 2 is 2.04 bits per heavy atom. The third-order valence-electron chi connectivity index (χ3n) is 4.46. The molecule has 2 aromatic heterocycles. The second kappa shape index (κ2) is 5.80. The number of aryl methyl sites for hydroxylation is 2. The quantitative estimate of drug-likeness (QED) is 0.525. The molecule has 4 rings (SSSR count). The molecular formula is C18H18N2OS2. The summed E-state index contributed by atoms with van der Waals surface area (Å²) in [6.45, 7) is 2.16. The number of nitrogens with zero attached hydrogens (tertiary/aromatic N) is 2. The SMILES string of the molecule is CC(Sc1nc2sc3c(c2c(=O)n1C)CCC3)c1ccccc1. The highest BCUT2D eigenvalue weighted by molar-refractivity contribution is 7.99. The fourth-order valence-electron chi connectivity index (χ4n) is 3.16. The lowest BCUT2D eigenvalue weighted by molar-refractivity contribution is 0.724. The van der Waals surface area contributed by atoms with Crippen molar-refractivity contribution < 1.29 is 0 Å². The summed E-state index contributed by atoms with van der Waals surface area (Å²) in [5.74, 6) is 0. The van der Waals surface area contributed by atoms with E-state index in [0.717, 1.165) is 28.2 Å².